The molecule has 0 unspecified atom stereocenters. The van der Waals surface area contributed by atoms with Crippen molar-refractivity contribution in [2.24, 2.45) is 0 Å². The average Bonchev–Trinajstić information content (AvgIpc) is 2.64. The summed E-state index contributed by atoms with van der Waals surface area (Å²) in [5, 5.41) is 1.87. The Bertz CT molecular complexity index is 826. The molecule has 122 valence electrons. The second kappa shape index (κ2) is 6.75. The SMILES string of the molecule is Clc1ccc(CN2CCN(c3ncc4ccccc4n3)CC2)cc1. The first-order valence-corrected chi connectivity index (χ1v) is 8.59. The van der Waals surface area contributed by atoms with E-state index < -0.39 is 0 Å². The van der Waals surface area contributed by atoms with Crippen LogP contribution in [0.3, 0.4) is 0 Å². The van der Waals surface area contributed by atoms with Gasteiger partial charge in [0.25, 0.3) is 0 Å². The van der Waals surface area contributed by atoms with Crippen LogP contribution in [0.5, 0.6) is 0 Å². The van der Waals surface area contributed by atoms with E-state index in [-0.39, 0.29) is 0 Å². The van der Waals surface area contributed by atoms with E-state index in [2.05, 4.69) is 26.9 Å². The summed E-state index contributed by atoms with van der Waals surface area (Å²) in [5.41, 5.74) is 2.31. The molecule has 1 aliphatic heterocycles. The lowest BCUT2D eigenvalue weighted by atomic mass is 10.2. The monoisotopic (exact) mass is 338 g/mol. The number of rotatable bonds is 3. The molecule has 5 heteroatoms. The number of anilines is 1. The van der Waals surface area contributed by atoms with Gasteiger partial charge in [-0.1, -0.05) is 41.9 Å². The van der Waals surface area contributed by atoms with Crippen LogP contribution in [0.2, 0.25) is 5.02 Å². The fourth-order valence-electron chi connectivity index (χ4n) is 3.07. The summed E-state index contributed by atoms with van der Waals surface area (Å²) in [5.74, 6) is 0.833. The first kappa shape index (κ1) is 15.4. The summed E-state index contributed by atoms with van der Waals surface area (Å²) in [6, 6.07) is 16.2. The number of piperazine rings is 1. The van der Waals surface area contributed by atoms with Gasteiger partial charge in [-0.05, 0) is 23.8 Å². The summed E-state index contributed by atoms with van der Waals surface area (Å²) < 4.78 is 0. The van der Waals surface area contributed by atoms with Gasteiger partial charge in [-0.3, -0.25) is 4.90 Å². The van der Waals surface area contributed by atoms with Gasteiger partial charge in [-0.2, -0.15) is 0 Å². The Kier molecular flexibility index (Phi) is 4.32. The van der Waals surface area contributed by atoms with Crippen molar-refractivity contribution in [1.82, 2.24) is 14.9 Å². The normalized spacial score (nSPS) is 15.8. The standard InChI is InChI=1S/C19H19ClN4/c20-17-7-5-15(6-8-17)14-23-9-11-24(12-10-23)19-21-13-16-3-1-2-4-18(16)22-19/h1-8,13H,9-12,14H2. The zero-order valence-corrected chi connectivity index (χ0v) is 14.2. The highest BCUT2D eigenvalue weighted by atomic mass is 35.5. The molecule has 4 nitrogen and oxygen atoms in total. The number of fused-ring (bicyclic) bond motifs is 1. The van der Waals surface area contributed by atoms with E-state index in [1.165, 1.54) is 5.56 Å². The van der Waals surface area contributed by atoms with Crippen molar-refractivity contribution in [2.45, 2.75) is 6.54 Å². The van der Waals surface area contributed by atoms with Crippen molar-refractivity contribution in [3.8, 4) is 0 Å². The summed E-state index contributed by atoms with van der Waals surface area (Å²) in [7, 11) is 0. The van der Waals surface area contributed by atoms with Crippen LogP contribution in [-0.2, 0) is 6.54 Å². The lowest BCUT2D eigenvalue weighted by molar-refractivity contribution is 0.249. The van der Waals surface area contributed by atoms with Crippen LogP contribution in [0.4, 0.5) is 5.95 Å². The molecule has 0 bridgehead atoms. The van der Waals surface area contributed by atoms with Gasteiger partial charge < -0.3 is 4.90 Å². The van der Waals surface area contributed by atoms with Crippen LogP contribution in [-0.4, -0.2) is 41.0 Å². The molecule has 1 saturated heterocycles. The molecule has 0 spiro atoms. The number of para-hydroxylation sites is 1. The van der Waals surface area contributed by atoms with Crippen LogP contribution < -0.4 is 4.90 Å². The maximum Gasteiger partial charge on any atom is 0.225 e. The van der Waals surface area contributed by atoms with Crippen molar-refractivity contribution in [3.63, 3.8) is 0 Å². The molecule has 0 atom stereocenters. The van der Waals surface area contributed by atoms with Gasteiger partial charge >= 0.3 is 0 Å². The Balaban J connectivity index is 1.40. The van der Waals surface area contributed by atoms with Gasteiger partial charge in [0.05, 0.1) is 5.52 Å². The Hall–Kier alpha value is -2.17. The topological polar surface area (TPSA) is 32.3 Å². The molecule has 1 aromatic heterocycles. The lowest BCUT2D eigenvalue weighted by Crippen LogP contribution is -2.46. The number of aromatic nitrogens is 2. The Morgan fingerprint density at radius 1 is 0.917 bits per heavy atom. The highest BCUT2D eigenvalue weighted by Crippen LogP contribution is 2.17. The van der Waals surface area contributed by atoms with Crippen molar-refractivity contribution in [3.05, 3.63) is 65.3 Å². The number of halogens is 1. The third kappa shape index (κ3) is 3.35. The minimum atomic E-state index is 0.789. The second-order valence-electron chi connectivity index (χ2n) is 6.12. The third-order valence-electron chi connectivity index (χ3n) is 4.45. The Labute approximate surface area is 146 Å². The maximum atomic E-state index is 5.95. The predicted molar refractivity (Wildman–Crippen MR) is 98.5 cm³/mol. The van der Waals surface area contributed by atoms with Crippen LogP contribution in [0.25, 0.3) is 10.9 Å². The van der Waals surface area contributed by atoms with Gasteiger partial charge in [0.1, 0.15) is 0 Å². The molecule has 1 aliphatic rings. The van der Waals surface area contributed by atoms with Gasteiger partial charge in [0.2, 0.25) is 5.95 Å². The molecular formula is C19H19ClN4. The zero-order valence-electron chi connectivity index (χ0n) is 13.4. The number of hydrogen-bond donors (Lipinski definition) is 0. The fourth-order valence-corrected chi connectivity index (χ4v) is 3.19. The van der Waals surface area contributed by atoms with Crippen LogP contribution >= 0.6 is 11.6 Å². The quantitative estimate of drug-likeness (QED) is 0.730. The molecule has 0 radical (unpaired) electrons. The molecule has 0 saturated carbocycles. The molecule has 24 heavy (non-hydrogen) atoms. The van der Waals surface area contributed by atoms with Crippen molar-refractivity contribution in [2.75, 3.05) is 31.1 Å². The summed E-state index contributed by atoms with van der Waals surface area (Å²) in [6.07, 6.45) is 1.91. The second-order valence-corrected chi connectivity index (χ2v) is 6.55. The lowest BCUT2D eigenvalue weighted by Gasteiger charge is -2.34. The molecule has 0 N–H and O–H groups in total. The van der Waals surface area contributed by atoms with Crippen molar-refractivity contribution in [1.29, 1.82) is 0 Å². The van der Waals surface area contributed by atoms with Crippen LogP contribution in [0, 0.1) is 0 Å². The molecule has 2 heterocycles. The van der Waals surface area contributed by atoms with Crippen molar-refractivity contribution >= 4 is 28.5 Å². The minimum Gasteiger partial charge on any atom is -0.338 e. The summed E-state index contributed by atoms with van der Waals surface area (Å²) >= 11 is 5.95. The van der Waals surface area contributed by atoms with E-state index in [0.717, 1.165) is 54.6 Å². The minimum absolute atomic E-state index is 0.789. The molecule has 2 aromatic carbocycles. The molecule has 4 rings (SSSR count). The van der Waals surface area contributed by atoms with E-state index in [1.807, 2.05) is 42.6 Å². The molecule has 3 aromatic rings. The van der Waals surface area contributed by atoms with E-state index >= 15 is 0 Å². The zero-order chi connectivity index (χ0) is 16.4. The van der Waals surface area contributed by atoms with E-state index in [0.29, 0.717) is 0 Å². The highest BCUT2D eigenvalue weighted by molar-refractivity contribution is 6.30. The Morgan fingerprint density at radius 3 is 2.46 bits per heavy atom. The number of nitrogens with zero attached hydrogens (tertiary/aromatic N) is 4. The molecule has 0 aliphatic carbocycles. The first-order valence-electron chi connectivity index (χ1n) is 8.21. The largest absolute Gasteiger partial charge is 0.338 e. The smallest absolute Gasteiger partial charge is 0.225 e. The van der Waals surface area contributed by atoms with Gasteiger partial charge in [0.15, 0.2) is 0 Å². The third-order valence-corrected chi connectivity index (χ3v) is 4.70. The highest BCUT2D eigenvalue weighted by Gasteiger charge is 2.19. The molecular weight excluding hydrogens is 320 g/mol. The van der Waals surface area contributed by atoms with Crippen molar-refractivity contribution < 1.29 is 0 Å². The first-order chi connectivity index (χ1) is 11.8. The summed E-state index contributed by atoms with van der Waals surface area (Å²) in [6.45, 7) is 4.89. The van der Waals surface area contributed by atoms with E-state index in [1.54, 1.807) is 0 Å². The van der Waals surface area contributed by atoms with Gasteiger partial charge in [0, 0.05) is 49.3 Å². The maximum absolute atomic E-state index is 5.95. The molecule has 0 amide bonds. The predicted octanol–water partition coefficient (Wildman–Crippen LogP) is 3.61. The Morgan fingerprint density at radius 2 is 1.67 bits per heavy atom. The average molecular weight is 339 g/mol. The van der Waals surface area contributed by atoms with E-state index in [4.69, 9.17) is 16.6 Å². The van der Waals surface area contributed by atoms with Gasteiger partial charge in [-0.15, -0.1) is 0 Å². The fraction of sp³-hybridized carbons (Fsp3) is 0.263. The molecule has 1 fully saturated rings. The number of benzene rings is 2. The van der Waals surface area contributed by atoms with Gasteiger partial charge in [-0.25, -0.2) is 9.97 Å². The number of hydrogen-bond acceptors (Lipinski definition) is 4. The van der Waals surface area contributed by atoms with Crippen LogP contribution in [0.1, 0.15) is 5.56 Å². The summed E-state index contributed by atoms with van der Waals surface area (Å²) in [4.78, 5) is 14.0. The van der Waals surface area contributed by atoms with Crippen LogP contribution in [0.15, 0.2) is 54.7 Å². The van der Waals surface area contributed by atoms with E-state index in [9.17, 15) is 0 Å².